The van der Waals surface area contributed by atoms with E-state index in [1.54, 1.807) is 25.0 Å². The Morgan fingerprint density at radius 1 is 0.900 bits per heavy atom. The largest absolute Gasteiger partial charge is 0.496 e. The third-order valence-corrected chi connectivity index (χ3v) is 7.79. The number of benzene rings is 3. The topological polar surface area (TPSA) is 82.5 Å². The zero-order chi connectivity index (χ0) is 28.1. The average molecular weight is 555 g/mol. The molecule has 0 aromatic heterocycles. The predicted octanol–water partition coefficient (Wildman–Crippen LogP) is 4.72. The van der Waals surface area contributed by atoms with Gasteiger partial charge in [0, 0.05) is 43.0 Å². The second kappa shape index (κ2) is 12.2. The maximum Gasteiger partial charge on any atom is 0.283 e. The molecule has 2 heterocycles. The van der Waals surface area contributed by atoms with E-state index in [0.29, 0.717) is 48.3 Å². The lowest BCUT2D eigenvalue weighted by Crippen LogP contribution is -2.49. The van der Waals surface area contributed by atoms with Crippen molar-refractivity contribution >= 4 is 52.0 Å². The van der Waals surface area contributed by atoms with Crippen LogP contribution in [0, 0.1) is 0 Å². The van der Waals surface area contributed by atoms with E-state index in [0.717, 1.165) is 11.3 Å². The number of anilines is 2. The standard InChI is InChI=1S/C31H30N4O4S/c1-22(36)23-12-14-25(15-13-23)33-16-18-34(19-17-33)29(37)21-40-31-32-27(20-24-8-6-7-11-28(24)39-2)30(38)35(31)26-9-4-3-5-10-26/h3-15,20H,16-19,21H2,1-2H3/b27-20+. The van der Waals surface area contributed by atoms with Gasteiger partial charge in [-0.2, -0.15) is 0 Å². The zero-order valence-electron chi connectivity index (χ0n) is 22.4. The molecule has 0 bridgehead atoms. The Hall–Kier alpha value is -4.37. The molecule has 0 spiro atoms. The van der Waals surface area contributed by atoms with Crippen LogP contribution in [0.25, 0.3) is 6.08 Å². The van der Waals surface area contributed by atoms with Crippen molar-refractivity contribution in [3.63, 3.8) is 0 Å². The summed E-state index contributed by atoms with van der Waals surface area (Å²) in [4.78, 5) is 48.4. The van der Waals surface area contributed by atoms with Crippen LogP contribution < -0.4 is 14.5 Å². The van der Waals surface area contributed by atoms with Gasteiger partial charge in [0.2, 0.25) is 5.91 Å². The summed E-state index contributed by atoms with van der Waals surface area (Å²) in [6.45, 7) is 4.16. The van der Waals surface area contributed by atoms with E-state index in [1.807, 2.05) is 83.8 Å². The first-order valence-corrected chi connectivity index (χ1v) is 14.0. The summed E-state index contributed by atoms with van der Waals surface area (Å²) in [5.41, 5.74) is 3.46. The Labute approximate surface area is 237 Å². The van der Waals surface area contributed by atoms with Crippen LogP contribution in [0.3, 0.4) is 0 Å². The summed E-state index contributed by atoms with van der Waals surface area (Å²) in [7, 11) is 1.59. The first-order valence-electron chi connectivity index (χ1n) is 13.0. The van der Waals surface area contributed by atoms with E-state index in [-0.39, 0.29) is 29.0 Å². The van der Waals surface area contributed by atoms with Gasteiger partial charge in [0.1, 0.15) is 11.4 Å². The van der Waals surface area contributed by atoms with E-state index in [9.17, 15) is 14.4 Å². The van der Waals surface area contributed by atoms with Crippen molar-refractivity contribution < 1.29 is 19.1 Å². The van der Waals surface area contributed by atoms with Gasteiger partial charge in [-0.15, -0.1) is 0 Å². The van der Waals surface area contributed by atoms with Crippen LogP contribution >= 0.6 is 11.8 Å². The fourth-order valence-corrected chi connectivity index (χ4v) is 5.58. The number of hydrogen-bond donors (Lipinski definition) is 0. The van der Waals surface area contributed by atoms with Crippen molar-refractivity contribution in [2.75, 3.05) is 48.8 Å². The van der Waals surface area contributed by atoms with Gasteiger partial charge >= 0.3 is 0 Å². The molecular weight excluding hydrogens is 524 g/mol. The van der Waals surface area contributed by atoms with Crippen LogP contribution in [-0.4, -0.2) is 66.7 Å². The highest BCUT2D eigenvalue weighted by Gasteiger charge is 2.33. The Morgan fingerprint density at radius 2 is 1.57 bits per heavy atom. The van der Waals surface area contributed by atoms with E-state index < -0.39 is 0 Å². The summed E-state index contributed by atoms with van der Waals surface area (Å²) >= 11 is 1.26. The maximum atomic E-state index is 13.5. The number of ketones is 1. The Bertz CT molecular complexity index is 1460. The molecule has 40 heavy (non-hydrogen) atoms. The number of Topliss-reactive ketones (excluding diaryl/α,β-unsaturated/α-hetero) is 1. The van der Waals surface area contributed by atoms with Gasteiger partial charge in [-0.05, 0) is 55.5 Å². The molecular formula is C31H30N4O4S. The number of carbonyl (C=O) groups is 3. The maximum absolute atomic E-state index is 13.5. The molecule has 8 nitrogen and oxygen atoms in total. The minimum atomic E-state index is -0.253. The van der Waals surface area contributed by atoms with Gasteiger partial charge < -0.3 is 14.5 Å². The van der Waals surface area contributed by atoms with Crippen LogP contribution in [0.4, 0.5) is 11.4 Å². The lowest BCUT2D eigenvalue weighted by atomic mass is 10.1. The number of methoxy groups -OCH3 is 1. The molecule has 0 N–H and O–H groups in total. The summed E-state index contributed by atoms with van der Waals surface area (Å²) in [6.07, 6.45) is 1.72. The molecule has 1 saturated heterocycles. The van der Waals surface area contributed by atoms with Crippen LogP contribution in [0.2, 0.25) is 0 Å². The lowest BCUT2D eigenvalue weighted by Gasteiger charge is -2.36. The fraction of sp³-hybridized carbons (Fsp3) is 0.226. The first kappa shape index (κ1) is 27.2. The molecule has 0 atom stereocenters. The van der Waals surface area contributed by atoms with Gasteiger partial charge in [-0.3, -0.25) is 19.3 Å². The number of carbonyl (C=O) groups excluding carboxylic acids is 3. The number of amidine groups is 1. The van der Waals surface area contributed by atoms with Crippen LogP contribution in [0.1, 0.15) is 22.8 Å². The Morgan fingerprint density at radius 3 is 2.25 bits per heavy atom. The minimum absolute atomic E-state index is 0.00176. The summed E-state index contributed by atoms with van der Waals surface area (Å²) in [6, 6.07) is 24.4. The van der Waals surface area contributed by atoms with E-state index in [1.165, 1.54) is 11.8 Å². The molecule has 9 heteroatoms. The fourth-order valence-electron chi connectivity index (χ4n) is 4.67. The van der Waals surface area contributed by atoms with Crippen LogP contribution in [-0.2, 0) is 9.59 Å². The molecule has 0 aliphatic carbocycles. The second-order valence-electron chi connectivity index (χ2n) is 9.40. The number of para-hydroxylation sites is 2. The number of rotatable bonds is 7. The Kier molecular flexibility index (Phi) is 8.31. The van der Waals surface area contributed by atoms with Gasteiger partial charge in [0.15, 0.2) is 11.0 Å². The molecule has 1 fully saturated rings. The molecule has 2 aliphatic rings. The number of thioether (sulfide) groups is 1. The predicted molar refractivity (Wildman–Crippen MR) is 160 cm³/mol. The highest BCUT2D eigenvalue weighted by atomic mass is 32.2. The molecule has 204 valence electrons. The molecule has 0 unspecified atom stereocenters. The molecule has 0 saturated carbocycles. The van der Waals surface area contributed by atoms with Crippen molar-refractivity contribution in [1.82, 2.24) is 4.90 Å². The highest BCUT2D eigenvalue weighted by Crippen LogP contribution is 2.31. The molecule has 0 radical (unpaired) electrons. The molecule has 3 aromatic carbocycles. The third kappa shape index (κ3) is 5.94. The molecule has 3 aromatic rings. The van der Waals surface area contributed by atoms with Crippen LogP contribution in [0.15, 0.2) is 89.6 Å². The number of nitrogens with zero attached hydrogens (tertiary/aromatic N) is 4. The number of hydrogen-bond acceptors (Lipinski definition) is 7. The zero-order valence-corrected chi connectivity index (χ0v) is 23.3. The van der Waals surface area contributed by atoms with Crippen LogP contribution in [0.5, 0.6) is 5.75 Å². The van der Waals surface area contributed by atoms with Crippen molar-refractivity contribution in [3.05, 3.63) is 95.7 Å². The lowest BCUT2D eigenvalue weighted by molar-refractivity contribution is -0.128. The second-order valence-corrected chi connectivity index (χ2v) is 10.3. The third-order valence-electron chi connectivity index (χ3n) is 6.87. The smallest absolute Gasteiger partial charge is 0.283 e. The quantitative estimate of drug-likeness (QED) is 0.311. The van der Waals surface area contributed by atoms with Gasteiger partial charge in [0.05, 0.1) is 18.6 Å². The van der Waals surface area contributed by atoms with Gasteiger partial charge in [-0.1, -0.05) is 48.2 Å². The van der Waals surface area contributed by atoms with Crippen molar-refractivity contribution in [2.24, 2.45) is 4.99 Å². The number of amides is 2. The SMILES string of the molecule is COc1ccccc1/C=C1/N=C(SCC(=O)N2CCN(c3ccc(C(C)=O)cc3)CC2)N(c2ccccc2)C1=O. The summed E-state index contributed by atoms with van der Waals surface area (Å²) < 4.78 is 5.44. The molecule has 2 aliphatic heterocycles. The van der Waals surface area contributed by atoms with E-state index in [4.69, 9.17) is 4.74 Å². The van der Waals surface area contributed by atoms with Crippen molar-refractivity contribution in [1.29, 1.82) is 0 Å². The first-order chi connectivity index (χ1) is 19.4. The van der Waals surface area contributed by atoms with E-state index >= 15 is 0 Å². The number of piperazine rings is 1. The molecule has 5 rings (SSSR count). The number of ether oxygens (including phenoxy) is 1. The summed E-state index contributed by atoms with van der Waals surface area (Å²) in [5, 5.41) is 0.467. The van der Waals surface area contributed by atoms with Crippen molar-refractivity contribution in [3.8, 4) is 5.75 Å². The summed E-state index contributed by atoms with van der Waals surface area (Å²) in [5.74, 6) is 0.610. The minimum Gasteiger partial charge on any atom is -0.496 e. The highest BCUT2D eigenvalue weighted by molar-refractivity contribution is 8.14. The van der Waals surface area contributed by atoms with E-state index in [2.05, 4.69) is 9.89 Å². The normalized spacial score (nSPS) is 16.4. The number of aliphatic imine (C=N–C) groups is 1. The van der Waals surface area contributed by atoms with Gasteiger partial charge in [0.25, 0.3) is 5.91 Å². The monoisotopic (exact) mass is 554 g/mol. The Balaban J connectivity index is 1.27. The molecule has 2 amide bonds. The van der Waals surface area contributed by atoms with Crippen molar-refractivity contribution in [2.45, 2.75) is 6.92 Å². The van der Waals surface area contributed by atoms with Gasteiger partial charge in [-0.25, -0.2) is 4.99 Å². The average Bonchev–Trinajstić information content (AvgIpc) is 3.31.